The summed E-state index contributed by atoms with van der Waals surface area (Å²) in [6, 6.07) is 0. The molecule has 0 saturated carbocycles. The van der Waals surface area contributed by atoms with Gasteiger partial charge in [-0.15, -0.1) is 0 Å². The molecule has 13 nitrogen and oxygen atoms in total. The van der Waals surface area contributed by atoms with Crippen molar-refractivity contribution in [2.75, 3.05) is 53.6 Å². The first-order valence-corrected chi connectivity index (χ1v) is 25.6. The van der Waals surface area contributed by atoms with Crippen LogP contribution in [0.15, 0.2) is 0 Å². The van der Waals surface area contributed by atoms with Gasteiger partial charge in [-0.1, -0.05) is 174 Å². The fourth-order valence-electron chi connectivity index (χ4n) is 8.84. The quantitative estimate of drug-likeness (QED) is 0.0246. The number of hydrogen-bond acceptors (Lipinski definition) is 12. The van der Waals surface area contributed by atoms with E-state index in [0.29, 0.717) is 17.6 Å². The van der Waals surface area contributed by atoms with Crippen molar-refractivity contribution in [1.82, 2.24) is 0 Å². The zero-order valence-corrected chi connectivity index (χ0v) is 40.0. The molecule has 2 fully saturated rings. The molecule has 2 saturated heterocycles. The number of aliphatic hydroxyl groups is 7. The summed E-state index contributed by atoms with van der Waals surface area (Å²) in [6.07, 6.45) is 20.8. The first-order valence-electron chi connectivity index (χ1n) is 25.6. The lowest BCUT2D eigenvalue weighted by atomic mass is 9.98. The van der Waals surface area contributed by atoms with Crippen LogP contribution in [-0.4, -0.2) is 161 Å². The zero-order chi connectivity index (χ0) is 45.4. The molecule has 0 radical (unpaired) electrons. The van der Waals surface area contributed by atoms with E-state index in [9.17, 15) is 35.7 Å². The van der Waals surface area contributed by atoms with E-state index in [4.69, 9.17) is 23.7 Å². The average molecular weight is 893 g/mol. The van der Waals surface area contributed by atoms with Gasteiger partial charge < -0.3 is 63.9 Å². The number of likely N-dealkylation sites (N-methyl/N-ethyl adjacent to an activating group) is 1. The maximum Gasteiger partial charge on any atom is 0.186 e. The van der Waals surface area contributed by atoms with E-state index in [0.717, 1.165) is 32.2 Å². The lowest BCUT2D eigenvalue weighted by Crippen LogP contribution is -2.61. The van der Waals surface area contributed by atoms with Crippen LogP contribution in [0.1, 0.15) is 194 Å². The van der Waals surface area contributed by atoms with E-state index in [1.54, 1.807) is 0 Å². The molecule has 2 aliphatic heterocycles. The number of quaternary nitrogens is 1. The molecule has 7 N–H and O–H groups in total. The summed E-state index contributed by atoms with van der Waals surface area (Å²) in [5.41, 5.74) is 0. The van der Waals surface area contributed by atoms with Gasteiger partial charge in [0.25, 0.3) is 0 Å². The molecule has 13 heteroatoms. The van der Waals surface area contributed by atoms with Crippen molar-refractivity contribution in [1.29, 1.82) is 0 Å². The first-order chi connectivity index (χ1) is 29.9. The van der Waals surface area contributed by atoms with Gasteiger partial charge in [-0.05, 0) is 19.3 Å². The average Bonchev–Trinajstić information content (AvgIpc) is 3.24. The predicted molar refractivity (Wildman–Crippen MR) is 245 cm³/mol. The summed E-state index contributed by atoms with van der Waals surface area (Å²) in [4.78, 5) is 0. The molecule has 0 aromatic carbocycles. The molecule has 1 unspecified atom stereocenters. The number of nitrogens with zero attached hydrogens (tertiary/aromatic N) is 1. The maximum atomic E-state index is 10.8. The summed E-state index contributed by atoms with van der Waals surface area (Å²) < 4.78 is 29.5. The lowest BCUT2D eigenvalue weighted by Gasteiger charge is -2.43. The summed E-state index contributed by atoms with van der Waals surface area (Å²) in [5.74, 6) is 0. The molecule has 11 atom stereocenters. The number of unbranched alkanes of at least 4 members (excludes halogenated alkanes) is 26. The van der Waals surface area contributed by atoms with Crippen molar-refractivity contribution in [2.45, 2.75) is 261 Å². The monoisotopic (exact) mass is 893 g/mol. The Bertz CT molecular complexity index is 1030. The molecule has 0 aliphatic carbocycles. The number of rotatable bonds is 40. The number of ether oxygens (including phenoxy) is 5. The molecule has 0 spiro atoms. The van der Waals surface area contributed by atoms with E-state index in [2.05, 4.69) is 27.9 Å². The third-order valence-corrected chi connectivity index (χ3v) is 13.0. The van der Waals surface area contributed by atoms with Crippen LogP contribution in [0, 0.1) is 0 Å². The van der Waals surface area contributed by atoms with Crippen molar-refractivity contribution >= 4 is 0 Å². The molecule has 62 heavy (non-hydrogen) atoms. The Hall–Kier alpha value is -0.520. The highest BCUT2D eigenvalue weighted by Gasteiger charge is 2.47. The standard InChI is InChI=1S/C49H98NO12/c1-5-7-9-11-13-15-17-19-20-21-22-24-26-28-30-32-34-59-48-46(56)45(55)43(53)41(62-48)38-60-49-47(57)44(54)42(52)40(61-49)37-58-36-39(51)35-50(3,4)33-31-29-27-25-23-18-16-14-12-10-8-6-2/h39-49,51-57H,5-38H2,1-4H3/q+1/t39?,40-,41-,42-,43-,44+,45+,46-,47-,48-,49+/m1/s1. The molecule has 370 valence electrons. The fourth-order valence-corrected chi connectivity index (χ4v) is 8.84. The molecular weight excluding hydrogens is 795 g/mol. The van der Waals surface area contributed by atoms with Gasteiger partial charge >= 0.3 is 0 Å². The van der Waals surface area contributed by atoms with Gasteiger partial charge in [-0.3, -0.25) is 0 Å². The van der Waals surface area contributed by atoms with Gasteiger partial charge in [0, 0.05) is 6.61 Å². The Labute approximate surface area is 377 Å². The van der Waals surface area contributed by atoms with Gasteiger partial charge in [-0.2, -0.15) is 0 Å². The van der Waals surface area contributed by atoms with Gasteiger partial charge in [0.1, 0.15) is 61.5 Å². The third kappa shape index (κ3) is 25.4. The maximum absolute atomic E-state index is 10.8. The molecule has 2 heterocycles. The van der Waals surface area contributed by atoms with Gasteiger partial charge in [0.2, 0.25) is 0 Å². The summed E-state index contributed by atoms with van der Waals surface area (Å²) in [5, 5.41) is 74.4. The molecule has 2 rings (SSSR count). The van der Waals surface area contributed by atoms with Crippen LogP contribution in [0.25, 0.3) is 0 Å². The van der Waals surface area contributed by atoms with Gasteiger partial charge in [-0.25, -0.2) is 0 Å². The topological polar surface area (TPSA) is 188 Å². The Morgan fingerprint density at radius 1 is 0.435 bits per heavy atom. The van der Waals surface area contributed by atoms with Crippen LogP contribution in [0.3, 0.4) is 0 Å². The molecule has 2 aliphatic rings. The van der Waals surface area contributed by atoms with E-state index >= 15 is 0 Å². The minimum atomic E-state index is -1.62. The highest BCUT2D eigenvalue weighted by Crippen LogP contribution is 2.27. The van der Waals surface area contributed by atoms with Crippen LogP contribution in [-0.2, 0) is 23.7 Å². The smallest absolute Gasteiger partial charge is 0.186 e. The summed E-state index contributed by atoms with van der Waals surface area (Å²) >= 11 is 0. The Morgan fingerprint density at radius 2 is 0.790 bits per heavy atom. The first kappa shape index (κ1) is 57.6. The third-order valence-electron chi connectivity index (χ3n) is 13.0. The lowest BCUT2D eigenvalue weighted by molar-refractivity contribution is -0.893. The van der Waals surface area contributed by atoms with Crippen LogP contribution >= 0.6 is 0 Å². The molecule has 0 aromatic rings. The Kier molecular flexibility index (Phi) is 33.1. The van der Waals surface area contributed by atoms with Crippen LogP contribution in [0.5, 0.6) is 0 Å². The van der Waals surface area contributed by atoms with Gasteiger partial charge in [0.15, 0.2) is 12.6 Å². The van der Waals surface area contributed by atoms with Crippen LogP contribution < -0.4 is 0 Å². The van der Waals surface area contributed by atoms with Crippen molar-refractivity contribution < 1.29 is 63.9 Å². The van der Waals surface area contributed by atoms with E-state index in [-0.39, 0.29) is 19.8 Å². The minimum absolute atomic E-state index is 0.0000266. The van der Waals surface area contributed by atoms with Crippen LogP contribution in [0.4, 0.5) is 0 Å². The van der Waals surface area contributed by atoms with Crippen molar-refractivity contribution in [3.8, 4) is 0 Å². The highest BCUT2D eigenvalue weighted by atomic mass is 16.7. The second-order valence-corrected chi connectivity index (χ2v) is 19.5. The summed E-state index contributed by atoms with van der Waals surface area (Å²) in [6.45, 7) is 5.73. The van der Waals surface area contributed by atoms with Crippen molar-refractivity contribution in [2.24, 2.45) is 0 Å². The highest BCUT2D eigenvalue weighted by molar-refractivity contribution is 4.92. The second kappa shape index (κ2) is 35.6. The van der Waals surface area contributed by atoms with Crippen molar-refractivity contribution in [3.05, 3.63) is 0 Å². The largest absolute Gasteiger partial charge is 0.387 e. The molecule has 0 aromatic heterocycles. The SMILES string of the molecule is CCCCCCCCCCCCCCCCCCO[C@@H]1O[C@H](CO[C@H]2O[C@H](COCC(O)C[N+](C)(C)CCCCCCCCCCCCCC)[C@@H](O)[C@H](O)[C@H]2O)[C@@H](O)[C@H](O)[C@H]1O. The number of hydrogen-bond donors (Lipinski definition) is 7. The Balaban J connectivity index is 1.62. The number of aliphatic hydroxyl groups excluding tert-OH is 7. The Morgan fingerprint density at radius 3 is 1.21 bits per heavy atom. The second-order valence-electron chi connectivity index (χ2n) is 19.5. The zero-order valence-electron chi connectivity index (χ0n) is 40.0. The normalized spacial score (nSPS) is 27.5. The van der Waals surface area contributed by atoms with Gasteiger partial charge in [0.05, 0.1) is 40.5 Å². The summed E-state index contributed by atoms with van der Waals surface area (Å²) in [7, 11) is 4.19. The molecule has 0 bridgehead atoms. The minimum Gasteiger partial charge on any atom is -0.387 e. The van der Waals surface area contributed by atoms with E-state index in [1.807, 2.05) is 0 Å². The molecule has 0 amide bonds. The predicted octanol–water partition coefficient (Wildman–Crippen LogP) is 7.05. The molecular formula is C49H98NO12+. The van der Waals surface area contributed by atoms with E-state index < -0.39 is 67.5 Å². The van der Waals surface area contributed by atoms with Crippen LogP contribution in [0.2, 0.25) is 0 Å². The van der Waals surface area contributed by atoms with Crippen molar-refractivity contribution in [3.63, 3.8) is 0 Å². The van der Waals surface area contributed by atoms with E-state index in [1.165, 1.54) is 154 Å². The fraction of sp³-hybridized carbons (Fsp3) is 1.00.